The standard InChI is InChI=1S/C20H25ClN4O2/c1-25(2)18(15-8-4-3-5-9-15)14-24-20(27)23-13-12-22-19(26)16-10-6-7-11-17(16)21/h3-11,18H,12-14H2,1-2H3,(H,22,26)(H2,23,24,27)/t18-/m0/s1. The van der Waals surface area contributed by atoms with Crippen LogP contribution >= 0.6 is 11.6 Å². The van der Waals surface area contributed by atoms with Crippen LogP contribution in [-0.2, 0) is 0 Å². The summed E-state index contributed by atoms with van der Waals surface area (Å²) in [6.45, 7) is 1.11. The normalized spacial score (nSPS) is 11.7. The van der Waals surface area contributed by atoms with Gasteiger partial charge in [-0.3, -0.25) is 4.79 Å². The molecule has 2 aromatic carbocycles. The van der Waals surface area contributed by atoms with E-state index in [1.807, 2.05) is 44.4 Å². The summed E-state index contributed by atoms with van der Waals surface area (Å²) in [7, 11) is 3.95. The second kappa shape index (κ2) is 10.5. The van der Waals surface area contributed by atoms with Crippen LogP contribution < -0.4 is 16.0 Å². The van der Waals surface area contributed by atoms with Crippen LogP contribution in [0.3, 0.4) is 0 Å². The lowest BCUT2D eigenvalue weighted by atomic mass is 10.1. The molecule has 6 nitrogen and oxygen atoms in total. The lowest BCUT2D eigenvalue weighted by Gasteiger charge is -2.25. The first-order chi connectivity index (χ1) is 13.0. The molecule has 3 amide bonds. The van der Waals surface area contributed by atoms with Gasteiger partial charge in [-0.25, -0.2) is 4.79 Å². The molecule has 0 bridgehead atoms. The minimum atomic E-state index is -0.273. The minimum Gasteiger partial charge on any atom is -0.350 e. The summed E-state index contributed by atoms with van der Waals surface area (Å²) in [4.78, 5) is 26.1. The Hall–Kier alpha value is -2.57. The molecule has 0 aliphatic carbocycles. The monoisotopic (exact) mass is 388 g/mol. The van der Waals surface area contributed by atoms with Gasteiger partial charge in [-0.15, -0.1) is 0 Å². The number of nitrogens with zero attached hydrogens (tertiary/aromatic N) is 1. The summed E-state index contributed by atoms with van der Waals surface area (Å²) in [5.41, 5.74) is 1.55. The number of amides is 3. The summed E-state index contributed by atoms with van der Waals surface area (Å²) < 4.78 is 0. The maximum Gasteiger partial charge on any atom is 0.314 e. The van der Waals surface area contributed by atoms with E-state index in [0.717, 1.165) is 5.56 Å². The summed E-state index contributed by atoms with van der Waals surface area (Å²) in [5, 5.41) is 8.73. The van der Waals surface area contributed by atoms with Crippen molar-refractivity contribution < 1.29 is 9.59 Å². The lowest BCUT2D eigenvalue weighted by molar-refractivity contribution is 0.0954. The molecule has 27 heavy (non-hydrogen) atoms. The molecule has 7 heteroatoms. The number of nitrogens with one attached hydrogen (secondary N) is 3. The molecule has 144 valence electrons. The Morgan fingerprint density at radius 1 is 0.926 bits per heavy atom. The maximum absolute atomic E-state index is 12.0. The highest BCUT2D eigenvalue weighted by Crippen LogP contribution is 2.16. The molecule has 0 spiro atoms. The van der Waals surface area contributed by atoms with Crippen molar-refractivity contribution in [2.45, 2.75) is 6.04 Å². The van der Waals surface area contributed by atoms with Gasteiger partial charge in [0.15, 0.2) is 0 Å². The van der Waals surface area contributed by atoms with Gasteiger partial charge in [0.25, 0.3) is 5.91 Å². The molecule has 0 unspecified atom stereocenters. The number of likely N-dealkylation sites (N-methyl/N-ethyl adjacent to an activating group) is 1. The van der Waals surface area contributed by atoms with E-state index in [1.54, 1.807) is 24.3 Å². The fourth-order valence-corrected chi connectivity index (χ4v) is 2.84. The Bertz CT molecular complexity index is 753. The first kappa shape index (κ1) is 20.7. The smallest absolute Gasteiger partial charge is 0.314 e. The van der Waals surface area contributed by atoms with Crippen LogP contribution in [0.4, 0.5) is 4.79 Å². The maximum atomic E-state index is 12.0. The van der Waals surface area contributed by atoms with Gasteiger partial charge in [0, 0.05) is 19.6 Å². The number of halogens is 1. The predicted molar refractivity (Wildman–Crippen MR) is 108 cm³/mol. The number of hydrogen-bond donors (Lipinski definition) is 3. The fourth-order valence-electron chi connectivity index (χ4n) is 2.62. The highest BCUT2D eigenvalue weighted by Gasteiger charge is 2.14. The molecule has 2 rings (SSSR count). The highest BCUT2D eigenvalue weighted by molar-refractivity contribution is 6.33. The lowest BCUT2D eigenvalue weighted by Crippen LogP contribution is -2.43. The molecule has 0 saturated heterocycles. The summed E-state index contributed by atoms with van der Waals surface area (Å²) >= 11 is 5.98. The molecule has 2 aromatic rings. The predicted octanol–water partition coefficient (Wildman–Crippen LogP) is 2.67. The second-order valence-electron chi connectivity index (χ2n) is 6.26. The van der Waals surface area contributed by atoms with E-state index in [2.05, 4.69) is 20.9 Å². The van der Waals surface area contributed by atoms with Crippen molar-refractivity contribution in [1.29, 1.82) is 0 Å². The molecule has 0 aliphatic rings. The van der Waals surface area contributed by atoms with Crippen LogP contribution in [0.2, 0.25) is 5.02 Å². The van der Waals surface area contributed by atoms with Crippen molar-refractivity contribution in [3.05, 3.63) is 70.7 Å². The van der Waals surface area contributed by atoms with Gasteiger partial charge in [-0.2, -0.15) is 0 Å². The average Bonchev–Trinajstić information content (AvgIpc) is 2.66. The Labute approximate surface area is 164 Å². The molecule has 0 radical (unpaired) electrons. The van der Waals surface area contributed by atoms with E-state index in [4.69, 9.17) is 11.6 Å². The van der Waals surface area contributed by atoms with Crippen molar-refractivity contribution >= 4 is 23.5 Å². The Balaban J connectivity index is 1.71. The van der Waals surface area contributed by atoms with Gasteiger partial charge in [-0.1, -0.05) is 54.1 Å². The Morgan fingerprint density at radius 3 is 2.22 bits per heavy atom. The molecular weight excluding hydrogens is 364 g/mol. The number of rotatable bonds is 8. The van der Waals surface area contributed by atoms with Crippen molar-refractivity contribution in [3.63, 3.8) is 0 Å². The first-order valence-electron chi connectivity index (χ1n) is 8.75. The van der Waals surface area contributed by atoms with E-state index in [1.165, 1.54) is 0 Å². The number of hydrogen-bond acceptors (Lipinski definition) is 3. The number of urea groups is 1. The number of carbonyl (C=O) groups is 2. The summed E-state index contributed by atoms with van der Waals surface area (Å²) in [6.07, 6.45) is 0. The number of carbonyl (C=O) groups excluding carboxylic acids is 2. The van der Waals surface area contributed by atoms with Crippen molar-refractivity contribution in [3.8, 4) is 0 Å². The zero-order valence-corrected chi connectivity index (χ0v) is 16.3. The Kier molecular flexibility index (Phi) is 8.10. The van der Waals surface area contributed by atoms with Crippen LogP contribution in [0.15, 0.2) is 54.6 Å². The molecular formula is C20H25ClN4O2. The van der Waals surface area contributed by atoms with Crippen molar-refractivity contribution in [2.24, 2.45) is 0 Å². The quantitative estimate of drug-likeness (QED) is 0.609. The first-order valence-corrected chi connectivity index (χ1v) is 9.12. The van der Waals surface area contributed by atoms with Gasteiger partial charge in [0.1, 0.15) is 0 Å². The molecule has 0 fully saturated rings. The topological polar surface area (TPSA) is 73.5 Å². The van der Waals surface area contributed by atoms with E-state index < -0.39 is 0 Å². The third-order valence-corrected chi connectivity index (χ3v) is 4.41. The third kappa shape index (κ3) is 6.58. The second-order valence-corrected chi connectivity index (χ2v) is 6.67. The Morgan fingerprint density at radius 2 is 1.56 bits per heavy atom. The third-order valence-electron chi connectivity index (χ3n) is 4.08. The van der Waals surface area contributed by atoms with Crippen LogP contribution in [0.25, 0.3) is 0 Å². The fraction of sp³-hybridized carbons (Fsp3) is 0.300. The van der Waals surface area contributed by atoms with Gasteiger partial charge < -0.3 is 20.9 Å². The van der Waals surface area contributed by atoms with Crippen molar-refractivity contribution in [2.75, 3.05) is 33.7 Å². The summed E-state index contributed by atoms with van der Waals surface area (Å²) in [5.74, 6) is -0.264. The SMILES string of the molecule is CN(C)[C@@H](CNC(=O)NCCNC(=O)c1ccccc1Cl)c1ccccc1. The van der Waals surface area contributed by atoms with Crippen LogP contribution in [-0.4, -0.2) is 50.6 Å². The molecule has 1 atom stereocenters. The molecule has 0 aromatic heterocycles. The van der Waals surface area contributed by atoms with E-state index in [0.29, 0.717) is 30.2 Å². The molecule has 0 heterocycles. The van der Waals surface area contributed by atoms with Crippen LogP contribution in [0.1, 0.15) is 22.0 Å². The van der Waals surface area contributed by atoms with E-state index in [9.17, 15) is 9.59 Å². The number of benzene rings is 2. The largest absolute Gasteiger partial charge is 0.350 e. The van der Waals surface area contributed by atoms with Gasteiger partial charge >= 0.3 is 6.03 Å². The van der Waals surface area contributed by atoms with E-state index >= 15 is 0 Å². The van der Waals surface area contributed by atoms with Gasteiger partial charge in [0.05, 0.1) is 16.6 Å². The van der Waals surface area contributed by atoms with Crippen LogP contribution in [0, 0.1) is 0 Å². The zero-order chi connectivity index (χ0) is 19.6. The zero-order valence-electron chi connectivity index (χ0n) is 15.5. The van der Waals surface area contributed by atoms with Crippen LogP contribution in [0.5, 0.6) is 0 Å². The van der Waals surface area contributed by atoms with E-state index in [-0.39, 0.29) is 18.0 Å². The molecule has 0 saturated carbocycles. The van der Waals surface area contributed by atoms with Gasteiger partial charge in [0.2, 0.25) is 0 Å². The minimum absolute atomic E-state index is 0.0804. The molecule has 3 N–H and O–H groups in total. The highest BCUT2D eigenvalue weighted by atomic mass is 35.5. The summed E-state index contributed by atoms with van der Waals surface area (Å²) in [6, 6.07) is 16.6. The average molecular weight is 389 g/mol. The van der Waals surface area contributed by atoms with Crippen molar-refractivity contribution in [1.82, 2.24) is 20.9 Å². The van der Waals surface area contributed by atoms with Gasteiger partial charge in [-0.05, 0) is 31.8 Å². The molecule has 0 aliphatic heterocycles.